The highest BCUT2D eigenvalue weighted by Gasteiger charge is 2.31. The van der Waals surface area contributed by atoms with Crippen LogP contribution in [0, 0.1) is 11.6 Å². The second kappa shape index (κ2) is 8.23. The predicted molar refractivity (Wildman–Crippen MR) is 126 cm³/mol. The molecule has 0 spiro atoms. The first kappa shape index (κ1) is 21.8. The predicted octanol–water partition coefficient (Wildman–Crippen LogP) is 3.77. The number of halogens is 2. The summed E-state index contributed by atoms with van der Waals surface area (Å²) in [5, 5.41) is 9.35. The Balaban J connectivity index is 1.45. The SMILES string of the molecule is C[C@@H]1CN(c2cc3c(=O)n(C)ncc3c(-c3ccc(F)cc3F)n2)C[C@H](c2cnn(C3CC3)c2)O1. The minimum Gasteiger partial charge on any atom is -0.367 e. The van der Waals surface area contributed by atoms with E-state index in [4.69, 9.17) is 9.72 Å². The van der Waals surface area contributed by atoms with Crippen LogP contribution in [0.2, 0.25) is 0 Å². The Bertz CT molecular complexity index is 1500. The van der Waals surface area contributed by atoms with Crippen molar-refractivity contribution < 1.29 is 13.5 Å². The van der Waals surface area contributed by atoms with Crippen molar-refractivity contribution in [3.8, 4) is 11.3 Å². The van der Waals surface area contributed by atoms with Gasteiger partial charge < -0.3 is 9.64 Å². The van der Waals surface area contributed by atoms with Crippen molar-refractivity contribution in [2.24, 2.45) is 7.05 Å². The van der Waals surface area contributed by atoms with Crippen molar-refractivity contribution in [3.05, 3.63) is 70.4 Å². The van der Waals surface area contributed by atoms with Crippen molar-refractivity contribution >= 4 is 16.6 Å². The van der Waals surface area contributed by atoms with Gasteiger partial charge in [-0.05, 0) is 38.0 Å². The Morgan fingerprint density at radius 3 is 2.66 bits per heavy atom. The molecule has 0 unspecified atom stereocenters. The van der Waals surface area contributed by atoms with E-state index < -0.39 is 11.6 Å². The van der Waals surface area contributed by atoms with Gasteiger partial charge in [-0.25, -0.2) is 18.4 Å². The molecule has 6 rings (SSSR count). The fraction of sp³-hybridized carbons (Fsp3) is 0.360. The second-order valence-electron chi connectivity index (χ2n) is 9.31. The summed E-state index contributed by atoms with van der Waals surface area (Å²) in [4.78, 5) is 19.8. The van der Waals surface area contributed by atoms with Crippen LogP contribution >= 0.6 is 0 Å². The van der Waals surface area contributed by atoms with Gasteiger partial charge in [0.15, 0.2) is 0 Å². The van der Waals surface area contributed by atoms with Crippen LogP contribution in [0.4, 0.5) is 14.6 Å². The summed E-state index contributed by atoms with van der Waals surface area (Å²) >= 11 is 0. The number of fused-ring (bicyclic) bond motifs is 1. The lowest BCUT2D eigenvalue weighted by Crippen LogP contribution is -2.43. The standard InChI is InChI=1S/C25H24F2N6O2/c1-14-11-32(13-22(35-14)15-9-29-33(12-15)17-4-5-17)23-8-19-20(10-28-31(2)25(19)34)24(30-23)18-6-3-16(26)7-21(18)27/h3,6-10,12,14,17,22H,4-5,11,13H2,1-2H3/t14-,22-/m1/s1. The first-order valence-electron chi connectivity index (χ1n) is 11.6. The van der Waals surface area contributed by atoms with Gasteiger partial charge in [0.25, 0.3) is 5.56 Å². The molecule has 1 aromatic carbocycles. The Hall–Kier alpha value is -3.66. The smallest absolute Gasteiger partial charge is 0.274 e. The summed E-state index contributed by atoms with van der Waals surface area (Å²) in [6, 6.07) is 5.52. The van der Waals surface area contributed by atoms with Gasteiger partial charge in [0, 0.05) is 42.4 Å². The molecule has 1 aliphatic carbocycles. The molecular formula is C25H24F2N6O2. The summed E-state index contributed by atoms with van der Waals surface area (Å²) in [5.74, 6) is -0.913. The summed E-state index contributed by atoms with van der Waals surface area (Å²) in [6.07, 6.45) is 7.31. The molecule has 2 atom stereocenters. The van der Waals surface area contributed by atoms with Crippen LogP contribution in [0.5, 0.6) is 0 Å². The lowest BCUT2D eigenvalue weighted by Gasteiger charge is -2.37. The maximum absolute atomic E-state index is 14.8. The summed E-state index contributed by atoms with van der Waals surface area (Å²) < 4.78 is 37.9. The molecule has 10 heteroatoms. The molecule has 2 fully saturated rings. The average Bonchev–Trinajstić information content (AvgIpc) is 3.57. The number of nitrogens with zero attached hydrogens (tertiary/aromatic N) is 6. The highest BCUT2D eigenvalue weighted by molar-refractivity contribution is 5.95. The molecule has 3 aromatic heterocycles. The molecule has 2 aliphatic rings. The number of benzene rings is 1. The number of morpholine rings is 1. The maximum atomic E-state index is 14.8. The van der Waals surface area contributed by atoms with Gasteiger partial charge in [-0.2, -0.15) is 10.2 Å². The van der Waals surface area contributed by atoms with Crippen molar-refractivity contribution in [3.63, 3.8) is 0 Å². The second-order valence-corrected chi connectivity index (χ2v) is 9.31. The minimum atomic E-state index is -0.752. The van der Waals surface area contributed by atoms with Gasteiger partial charge in [0.1, 0.15) is 23.6 Å². The number of aryl methyl sites for hydroxylation is 1. The van der Waals surface area contributed by atoms with Gasteiger partial charge >= 0.3 is 0 Å². The molecule has 1 saturated carbocycles. The molecule has 0 radical (unpaired) electrons. The summed E-state index contributed by atoms with van der Waals surface area (Å²) in [6.45, 7) is 3.02. The molecule has 180 valence electrons. The third-order valence-corrected chi connectivity index (χ3v) is 6.61. The fourth-order valence-electron chi connectivity index (χ4n) is 4.65. The van der Waals surface area contributed by atoms with Crippen LogP contribution in [0.1, 0.15) is 37.5 Å². The van der Waals surface area contributed by atoms with Gasteiger partial charge in [-0.3, -0.25) is 9.48 Å². The van der Waals surface area contributed by atoms with Crippen molar-refractivity contribution in [2.45, 2.75) is 38.0 Å². The number of anilines is 1. The highest BCUT2D eigenvalue weighted by Crippen LogP contribution is 2.36. The Kier molecular flexibility index (Phi) is 5.14. The first-order valence-corrected chi connectivity index (χ1v) is 11.6. The molecule has 0 bridgehead atoms. The average molecular weight is 479 g/mol. The fourth-order valence-corrected chi connectivity index (χ4v) is 4.65. The Labute approximate surface area is 199 Å². The quantitative estimate of drug-likeness (QED) is 0.444. The number of hydrogen-bond donors (Lipinski definition) is 0. The molecule has 8 nitrogen and oxygen atoms in total. The van der Waals surface area contributed by atoms with Crippen molar-refractivity contribution in [2.75, 3.05) is 18.0 Å². The van der Waals surface area contributed by atoms with E-state index in [0.717, 1.165) is 24.5 Å². The molecular weight excluding hydrogens is 454 g/mol. The molecule has 4 heterocycles. The van der Waals surface area contributed by atoms with E-state index in [0.29, 0.717) is 35.7 Å². The highest BCUT2D eigenvalue weighted by atomic mass is 19.1. The molecule has 35 heavy (non-hydrogen) atoms. The number of hydrogen-bond acceptors (Lipinski definition) is 6. The zero-order valence-electron chi connectivity index (χ0n) is 19.4. The largest absolute Gasteiger partial charge is 0.367 e. The molecule has 0 amide bonds. The third-order valence-electron chi connectivity index (χ3n) is 6.61. The Morgan fingerprint density at radius 1 is 1.06 bits per heavy atom. The van der Waals surface area contributed by atoms with Gasteiger partial charge in [0.2, 0.25) is 0 Å². The minimum absolute atomic E-state index is 0.108. The molecule has 4 aromatic rings. The molecule has 1 aliphatic heterocycles. The van der Waals surface area contributed by atoms with Crippen LogP contribution in [-0.2, 0) is 11.8 Å². The maximum Gasteiger partial charge on any atom is 0.274 e. The number of aromatic nitrogens is 5. The zero-order chi connectivity index (χ0) is 24.3. The third kappa shape index (κ3) is 3.97. The topological polar surface area (TPSA) is 78.1 Å². The van der Waals surface area contributed by atoms with Gasteiger partial charge in [0.05, 0.1) is 42.2 Å². The van der Waals surface area contributed by atoms with Crippen LogP contribution in [0.25, 0.3) is 22.0 Å². The van der Waals surface area contributed by atoms with Crippen LogP contribution in [0.15, 0.2) is 47.7 Å². The van der Waals surface area contributed by atoms with E-state index in [1.165, 1.54) is 23.0 Å². The zero-order valence-corrected chi connectivity index (χ0v) is 19.4. The van der Waals surface area contributed by atoms with Crippen LogP contribution in [-0.4, -0.2) is 43.7 Å². The van der Waals surface area contributed by atoms with Gasteiger partial charge in [-0.1, -0.05) is 0 Å². The summed E-state index contributed by atoms with van der Waals surface area (Å²) in [7, 11) is 1.56. The van der Waals surface area contributed by atoms with E-state index >= 15 is 0 Å². The van der Waals surface area contributed by atoms with Gasteiger partial charge in [-0.15, -0.1) is 0 Å². The Morgan fingerprint density at radius 2 is 1.89 bits per heavy atom. The summed E-state index contributed by atoms with van der Waals surface area (Å²) in [5.41, 5.74) is 1.02. The number of pyridine rings is 1. The van der Waals surface area contributed by atoms with Crippen LogP contribution < -0.4 is 10.5 Å². The lowest BCUT2D eigenvalue weighted by molar-refractivity contribution is -0.0176. The molecule has 0 N–H and O–H groups in total. The van der Waals surface area contributed by atoms with E-state index in [9.17, 15) is 13.6 Å². The van der Waals surface area contributed by atoms with Crippen molar-refractivity contribution in [1.82, 2.24) is 24.5 Å². The lowest BCUT2D eigenvalue weighted by atomic mass is 10.0. The van der Waals surface area contributed by atoms with Crippen molar-refractivity contribution in [1.29, 1.82) is 0 Å². The number of rotatable bonds is 4. The number of ether oxygens (including phenoxy) is 1. The van der Waals surface area contributed by atoms with E-state index in [1.807, 2.05) is 28.9 Å². The molecule has 1 saturated heterocycles. The van der Waals surface area contributed by atoms with E-state index in [1.54, 1.807) is 13.1 Å². The normalized spacial score (nSPS) is 20.5. The van der Waals surface area contributed by atoms with E-state index in [2.05, 4.69) is 10.2 Å². The van der Waals surface area contributed by atoms with Crippen LogP contribution in [0.3, 0.4) is 0 Å². The first-order chi connectivity index (χ1) is 16.9. The monoisotopic (exact) mass is 478 g/mol. The van der Waals surface area contributed by atoms with E-state index in [-0.39, 0.29) is 29.0 Å².